The maximum atomic E-state index is 11.6. The molecule has 0 fully saturated rings. The number of amides is 1. The average molecular weight is 227 g/mol. The van der Waals surface area contributed by atoms with Crippen LogP contribution in [-0.4, -0.2) is 5.91 Å². The Labute approximate surface area is 101 Å². The van der Waals surface area contributed by atoms with Crippen molar-refractivity contribution in [3.63, 3.8) is 0 Å². The molecule has 0 aliphatic carbocycles. The minimum atomic E-state index is -0.0936. The fourth-order valence-corrected chi connectivity index (χ4v) is 2.57. The average Bonchev–Trinajstić information content (AvgIpc) is 2.25. The number of nitrogens with two attached hydrogens (primary N) is 1. The second kappa shape index (κ2) is 8.60. The summed E-state index contributed by atoms with van der Waals surface area (Å²) in [6.07, 6.45) is 6.89. The van der Waals surface area contributed by atoms with Gasteiger partial charge in [0, 0.05) is 5.92 Å². The van der Waals surface area contributed by atoms with E-state index in [2.05, 4.69) is 27.7 Å². The Morgan fingerprint density at radius 1 is 1.12 bits per heavy atom. The van der Waals surface area contributed by atoms with Gasteiger partial charge in [-0.3, -0.25) is 4.79 Å². The molecular weight excluding hydrogens is 198 g/mol. The Kier molecular flexibility index (Phi) is 8.32. The van der Waals surface area contributed by atoms with Gasteiger partial charge in [0.15, 0.2) is 0 Å². The van der Waals surface area contributed by atoms with E-state index >= 15 is 0 Å². The van der Waals surface area contributed by atoms with Gasteiger partial charge in [-0.1, -0.05) is 53.4 Å². The van der Waals surface area contributed by atoms with Crippen LogP contribution >= 0.6 is 0 Å². The predicted molar refractivity (Wildman–Crippen MR) is 70.1 cm³/mol. The molecule has 96 valence electrons. The van der Waals surface area contributed by atoms with Gasteiger partial charge >= 0.3 is 0 Å². The normalized spacial score (nSPS) is 16.8. The van der Waals surface area contributed by atoms with Gasteiger partial charge in [0.1, 0.15) is 0 Å². The van der Waals surface area contributed by atoms with Crippen molar-refractivity contribution in [2.75, 3.05) is 0 Å². The fourth-order valence-electron chi connectivity index (χ4n) is 2.57. The minimum absolute atomic E-state index is 0.0801. The van der Waals surface area contributed by atoms with E-state index in [-0.39, 0.29) is 11.8 Å². The molecule has 0 aliphatic rings. The molecule has 0 aromatic heterocycles. The highest BCUT2D eigenvalue weighted by atomic mass is 16.1. The summed E-state index contributed by atoms with van der Waals surface area (Å²) in [5.74, 6) is 0.906. The lowest BCUT2D eigenvalue weighted by atomic mass is 9.76. The highest BCUT2D eigenvalue weighted by Crippen LogP contribution is 2.30. The van der Waals surface area contributed by atoms with Crippen LogP contribution < -0.4 is 5.73 Å². The van der Waals surface area contributed by atoms with Crippen LogP contribution in [0.3, 0.4) is 0 Å². The summed E-state index contributed by atoms with van der Waals surface area (Å²) < 4.78 is 0. The molecule has 2 N–H and O–H groups in total. The van der Waals surface area contributed by atoms with E-state index in [9.17, 15) is 4.79 Å². The van der Waals surface area contributed by atoms with E-state index in [0.29, 0.717) is 11.8 Å². The number of hydrogen-bond donors (Lipinski definition) is 1. The van der Waals surface area contributed by atoms with Crippen molar-refractivity contribution in [3.8, 4) is 0 Å². The summed E-state index contributed by atoms with van der Waals surface area (Å²) in [4.78, 5) is 11.6. The highest BCUT2D eigenvalue weighted by Gasteiger charge is 2.29. The Morgan fingerprint density at radius 2 is 1.75 bits per heavy atom. The molecule has 0 radical (unpaired) electrons. The van der Waals surface area contributed by atoms with Crippen LogP contribution in [0.2, 0.25) is 0 Å². The van der Waals surface area contributed by atoms with Crippen LogP contribution in [0, 0.1) is 17.8 Å². The second-order valence-corrected chi connectivity index (χ2v) is 5.00. The third-order valence-corrected chi connectivity index (χ3v) is 3.68. The Morgan fingerprint density at radius 3 is 2.12 bits per heavy atom. The Hall–Kier alpha value is -0.530. The maximum absolute atomic E-state index is 11.6. The van der Waals surface area contributed by atoms with Crippen molar-refractivity contribution in [2.45, 2.75) is 66.2 Å². The molecule has 3 atom stereocenters. The molecule has 0 saturated carbocycles. The number of hydrogen-bond acceptors (Lipinski definition) is 1. The van der Waals surface area contributed by atoms with Crippen LogP contribution in [0.25, 0.3) is 0 Å². The van der Waals surface area contributed by atoms with Gasteiger partial charge in [-0.15, -0.1) is 0 Å². The first-order valence-corrected chi connectivity index (χ1v) is 6.87. The van der Waals surface area contributed by atoms with Gasteiger partial charge in [0.05, 0.1) is 0 Å². The molecule has 0 aromatic rings. The zero-order chi connectivity index (χ0) is 12.6. The first-order valence-electron chi connectivity index (χ1n) is 6.87. The molecule has 0 rings (SSSR count). The summed E-state index contributed by atoms with van der Waals surface area (Å²) in [6.45, 7) is 8.69. The molecule has 0 aliphatic heterocycles. The summed E-state index contributed by atoms with van der Waals surface area (Å²) in [5.41, 5.74) is 5.58. The number of rotatable bonds is 9. The van der Waals surface area contributed by atoms with Crippen molar-refractivity contribution in [1.29, 1.82) is 0 Å². The number of primary amides is 1. The monoisotopic (exact) mass is 227 g/mol. The predicted octanol–water partition coefficient (Wildman–Crippen LogP) is 3.74. The topological polar surface area (TPSA) is 43.1 Å². The zero-order valence-electron chi connectivity index (χ0n) is 11.5. The van der Waals surface area contributed by atoms with Gasteiger partial charge < -0.3 is 5.73 Å². The van der Waals surface area contributed by atoms with E-state index in [0.717, 1.165) is 25.7 Å². The van der Waals surface area contributed by atoms with Gasteiger partial charge in [-0.2, -0.15) is 0 Å². The minimum Gasteiger partial charge on any atom is -0.369 e. The molecule has 1 amide bonds. The van der Waals surface area contributed by atoms with Crippen LogP contribution in [-0.2, 0) is 4.79 Å². The van der Waals surface area contributed by atoms with Gasteiger partial charge in [-0.25, -0.2) is 0 Å². The standard InChI is InChI=1S/C14H29NO/c1-5-8-10-12(9-6-2)13(14(15)16)11(4)7-3/h11-13H,5-10H2,1-4H3,(H2,15,16). The second-order valence-electron chi connectivity index (χ2n) is 5.00. The van der Waals surface area contributed by atoms with E-state index in [1.54, 1.807) is 0 Å². The van der Waals surface area contributed by atoms with E-state index in [1.165, 1.54) is 12.8 Å². The molecule has 0 aromatic carbocycles. The van der Waals surface area contributed by atoms with Crippen molar-refractivity contribution >= 4 is 5.91 Å². The Balaban J connectivity index is 4.57. The number of unbranched alkanes of at least 4 members (excludes halogenated alkanes) is 1. The first-order chi connectivity index (χ1) is 7.58. The maximum Gasteiger partial charge on any atom is 0.221 e. The van der Waals surface area contributed by atoms with E-state index in [4.69, 9.17) is 5.73 Å². The SMILES string of the molecule is CCCCC(CCC)C(C(N)=O)C(C)CC. The van der Waals surface area contributed by atoms with Crippen molar-refractivity contribution in [3.05, 3.63) is 0 Å². The van der Waals surface area contributed by atoms with Crippen LogP contribution in [0.1, 0.15) is 66.2 Å². The summed E-state index contributed by atoms with van der Waals surface area (Å²) >= 11 is 0. The van der Waals surface area contributed by atoms with Gasteiger partial charge in [0.2, 0.25) is 5.91 Å². The molecule has 16 heavy (non-hydrogen) atoms. The van der Waals surface area contributed by atoms with Crippen LogP contribution in [0.15, 0.2) is 0 Å². The number of carbonyl (C=O) groups excluding carboxylic acids is 1. The quantitative estimate of drug-likeness (QED) is 0.640. The summed E-state index contributed by atoms with van der Waals surface area (Å²) in [7, 11) is 0. The molecule has 0 spiro atoms. The molecule has 3 unspecified atom stereocenters. The fraction of sp³-hybridized carbons (Fsp3) is 0.929. The smallest absolute Gasteiger partial charge is 0.221 e. The summed E-state index contributed by atoms with van der Waals surface area (Å²) in [5, 5.41) is 0. The van der Waals surface area contributed by atoms with E-state index in [1.807, 2.05) is 0 Å². The van der Waals surface area contributed by atoms with E-state index < -0.39 is 0 Å². The molecule has 0 saturated heterocycles. The first kappa shape index (κ1) is 15.5. The molecular formula is C14H29NO. The lowest BCUT2D eigenvalue weighted by molar-refractivity contribution is -0.125. The summed E-state index contributed by atoms with van der Waals surface area (Å²) in [6, 6.07) is 0. The number of carbonyl (C=O) groups is 1. The largest absolute Gasteiger partial charge is 0.369 e. The zero-order valence-corrected chi connectivity index (χ0v) is 11.5. The third-order valence-electron chi connectivity index (χ3n) is 3.68. The van der Waals surface area contributed by atoms with Crippen molar-refractivity contribution in [2.24, 2.45) is 23.5 Å². The van der Waals surface area contributed by atoms with Gasteiger partial charge in [-0.05, 0) is 24.7 Å². The Bertz CT molecular complexity index is 191. The highest BCUT2D eigenvalue weighted by molar-refractivity contribution is 5.77. The lowest BCUT2D eigenvalue weighted by Gasteiger charge is -2.29. The third kappa shape index (κ3) is 5.00. The van der Waals surface area contributed by atoms with Crippen LogP contribution in [0.5, 0.6) is 0 Å². The van der Waals surface area contributed by atoms with Gasteiger partial charge in [0.25, 0.3) is 0 Å². The molecule has 2 heteroatoms. The molecule has 0 heterocycles. The lowest BCUT2D eigenvalue weighted by Crippen LogP contribution is -2.34. The van der Waals surface area contributed by atoms with Crippen molar-refractivity contribution in [1.82, 2.24) is 0 Å². The molecule has 0 bridgehead atoms. The van der Waals surface area contributed by atoms with Crippen LogP contribution in [0.4, 0.5) is 0 Å². The molecule has 2 nitrogen and oxygen atoms in total. The van der Waals surface area contributed by atoms with Crippen molar-refractivity contribution < 1.29 is 4.79 Å².